The van der Waals surface area contributed by atoms with E-state index >= 15 is 0 Å². The minimum atomic E-state index is -0.293. The first kappa shape index (κ1) is 16.5. The molecule has 0 aliphatic carbocycles. The first-order chi connectivity index (χ1) is 11.6. The maximum absolute atomic E-state index is 13.0. The second-order valence-corrected chi connectivity index (χ2v) is 6.41. The van der Waals surface area contributed by atoms with Crippen LogP contribution < -0.4 is 0 Å². The van der Waals surface area contributed by atoms with Crippen LogP contribution in [0.4, 0.5) is 10.1 Å². The number of hydrogen-bond acceptors (Lipinski definition) is 3. The second kappa shape index (κ2) is 7.01. The molecule has 1 amide bonds. The summed E-state index contributed by atoms with van der Waals surface area (Å²) in [5.41, 5.74) is 2.81. The topological polar surface area (TPSA) is 32.7 Å². The van der Waals surface area contributed by atoms with Crippen LogP contribution in [0.15, 0.2) is 58.4 Å². The van der Waals surface area contributed by atoms with E-state index in [-0.39, 0.29) is 11.7 Å². The highest BCUT2D eigenvalue weighted by Gasteiger charge is 2.30. The van der Waals surface area contributed by atoms with Crippen molar-refractivity contribution in [2.24, 2.45) is 4.99 Å². The van der Waals surface area contributed by atoms with Crippen LogP contribution >= 0.6 is 11.8 Å². The number of thioether (sulfide) groups is 1. The Bertz CT molecular complexity index is 828. The Morgan fingerprint density at radius 2 is 1.88 bits per heavy atom. The third-order valence-electron chi connectivity index (χ3n) is 3.76. The van der Waals surface area contributed by atoms with E-state index in [2.05, 4.69) is 11.9 Å². The number of benzene rings is 2. The van der Waals surface area contributed by atoms with Gasteiger partial charge in [-0.15, -0.1) is 0 Å². The molecule has 0 aromatic heterocycles. The van der Waals surface area contributed by atoms with Gasteiger partial charge >= 0.3 is 0 Å². The van der Waals surface area contributed by atoms with Gasteiger partial charge in [-0.2, -0.15) is 0 Å². The van der Waals surface area contributed by atoms with Crippen LogP contribution in [0.3, 0.4) is 0 Å². The Kier molecular flexibility index (Phi) is 4.81. The van der Waals surface area contributed by atoms with Crippen molar-refractivity contribution in [3.63, 3.8) is 0 Å². The van der Waals surface area contributed by atoms with Crippen LogP contribution in [-0.2, 0) is 11.2 Å². The summed E-state index contributed by atoms with van der Waals surface area (Å²) in [7, 11) is 1.72. The maximum Gasteiger partial charge on any atom is 0.266 e. The number of carbonyl (C=O) groups excluding carboxylic acids is 1. The number of carbonyl (C=O) groups is 1. The van der Waals surface area contributed by atoms with Gasteiger partial charge in [-0.3, -0.25) is 9.69 Å². The fourth-order valence-electron chi connectivity index (χ4n) is 2.38. The van der Waals surface area contributed by atoms with Gasteiger partial charge in [-0.25, -0.2) is 9.38 Å². The molecular formula is C19H17FN2OS. The lowest BCUT2D eigenvalue weighted by Gasteiger charge is -2.08. The number of aliphatic imine (C=N–C) groups is 1. The van der Waals surface area contributed by atoms with Gasteiger partial charge < -0.3 is 0 Å². The SMILES string of the molecule is CCc1ccccc1N=C1S/C(=C/c2ccc(F)cc2)C(=O)N1C. The predicted molar refractivity (Wildman–Crippen MR) is 97.7 cm³/mol. The van der Waals surface area contributed by atoms with Crippen molar-refractivity contribution in [3.8, 4) is 0 Å². The zero-order valence-electron chi connectivity index (χ0n) is 13.5. The van der Waals surface area contributed by atoms with Gasteiger partial charge in [0, 0.05) is 7.05 Å². The van der Waals surface area contributed by atoms with Gasteiger partial charge in [0.15, 0.2) is 5.17 Å². The molecule has 0 unspecified atom stereocenters. The molecule has 5 heteroatoms. The quantitative estimate of drug-likeness (QED) is 0.764. The number of aryl methyl sites for hydroxylation is 1. The average Bonchev–Trinajstić information content (AvgIpc) is 2.85. The number of nitrogens with zero attached hydrogens (tertiary/aromatic N) is 2. The maximum atomic E-state index is 13.0. The number of hydrogen-bond donors (Lipinski definition) is 0. The minimum absolute atomic E-state index is 0.0999. The average molecular weight is 340 g/mol. The van der Waals surface area contributed by atoms with Crippen LogP contribution in [0.2, 0.25) is 0 Å². The molecule has 0 bridgehead atoms. The molecule has 1 aliphatic rings. The summed E-state index contributed by atoms with van der Waals surface area (Å²) in [5, 5.41) is 0.647. The normalized spacial score (nSPS) is 18.0. The molecule has 3 nitrogen and oxygen atoms in total. The van der Waals surface area contributed by atoms with E-state index in [0.29, 0.717) is 10.1 Å². The molecule has 0 N–H and O–H groups in total. The summed E-state index contributed by atoms with van der Waals surface area (Å²) in [6.07, 6.45) is 2.64. The lowest BCUT2D eigenvalue weighted by atomic mass is 10.1. The van der Waals surface area contributed by atoms with Crippen LogP contribution in [-0.4, -0.2) is 23.0 Å². The molecule has 0 saturated carbocycles. The standard InChI is InChI=1S/C19H17FN2OS/c1-3-14-6-4-5-7-16(14)21-19-22(2)18(23)17(24-19)12-13-8-10-15(20)11-9-13/h4-12H,3H2,1-2H3/b17-12+,21-19?. The van der Waals surface area contributed by atoms with E-state index in [1.165, 1.54) is 23.9 Å². The van der Waals surface area contributed by atoms with E-state index < -0.39 is 0 Å². The summed E-state index contributed by atoms with van der Waals surface area (Å²) in [6, 6.07) is 14.0. The van der Waals surface area contributed by atoms with E-state index in [1.54, 1.807) is 30.2 Å². The molecule has 1 aliphatic heterocycles. The Labute approximate surface area is 144 Å². The summed E-state index contributed by atoms with van der Waals surface area (Å²) < 4.78 is 13.0. The van der Waals surface area contributed by atoms with Crippen molar-refractivity contribution in [3.05, 3.63) is 70.4 Å². The monoisotopic (exact) mass is 340 g/mol. The van der Waals surface area contributed by atoms with Gasteiger partial charge in [0.1, 0.15) is 5.82 Å². The Hall–Kier alpha value is -2.40. The highest BCUT2D eigenvalue weighted by atomic mass is 32.2. The van der Waals surface area contributed by atoms with Crippen molar-refractivity contribution in [2.75, 3.05) is 7.05 Å². The fraction of sp³-hybridized carbons (Fsp3) is 0.158. The Balaban J connectivity index is 1.91. The summed E-state index contributed by atoms with van der Waals surface area (Å²) in [4.78, 5) is 19.2. The van der Waals surface area contributed by atoms with Gasteiger partial charge in [0.2, 0.25) is 0 Å². The Morgan fingerprint density at radius 1 is 1.17 bits per heavy atom. The van der Waals surface area contributed by atoms with Gasteiger partial charge in [0.25, 0.3) is 5.91 Å². The molecule has 122 valence electrons. The number of likely N-dealkylation sites (N-methyl/N-ethyl adjacent to an activating group) is 1. The molecule has 2 aromatic carbocycles. The lowest BCUT2D eigenvalue weighted by molar-refractivity contribution is -0.121. The smallest absolute Gasteiger partial charge is 0.266 e. The van der Waals surface area contributed by atoms with Gasteiger partial charge in [0.05, 0.1) is 10.6 Å². The van der Waals surface area contributed by atoms with E-state index in [9.17, 15) is 9.18 Å². The largest absolute Gasteiger partial charge is 0.290 e. The first-order valence-corrected chi connectivity index (χ1v) is 8.50. The minimum Gasteiger partial charge on any atom is -0.290 e. The molecule has 0 radical (unpaired) electrons. The zero-order valence-corrected chi connectivity index (χ0v) is 14.3. The molecule has 2 aromatic rings. The number of para-hydroxylation sites is 1. The van der Waals surface area contributed by atoms with E-state index in [0.717, 1.165) is 23.2 Å². The number of halogens is 1. The number of rotatable bonds is 3. The van der Waals surface area contributed by atoms with E-state index in [1.807, 2.05) is 24.3 Å². The van der Waals surface area contributed by atoms with Crippen molar-refractivity contribution in [2.45, 2.75) is 13.3 Å². The number of amides is 1. The summed E-state index contributed by atoms with van der Waals surface area (Å²) >= 11 is 1.33. The molecule has 0 atom stereocenters. The zero-order chi connectivity index (χ0) is 17.1. The molecule has 3 rings (SSSR count). The molecule has 1 fully saturated rings. The molecule has 1 heterocycles. The van der Waals surface area contributed by atoms with Crippen LogP contribution in [0.25, 0.3) is 6.08 Å². The predicted octanol–water partition coefficient (Wildman–Crippen LogP) is 4.62. The Morgan fingerprint density at radius 3 is 2.58 bits per heavy atom. The van der Waals surface area contributed by atoms with Crippen molar-refractivity contribution < 1.29 is 9.18 Å². The molecular weight excluding hydrogens is 323 g/mol. The third kappa shape index (κ3) is 3.41. The van der Waals surface area contributed by atoms with Crippen molar-refractivity contribution in [1.29, 1.82) is 0 Å². The first-order valence-electron chi connectivity index (χ1n) is 7.68. The fourth-order valence-corrected chi connectivity index (χ4v) is 3.36. The van der Waals surface area contributed by atoms with E-state index in [4.69, 9.17) is 0 Å². The summed E-state index contributed by atoms with van der Waals surface area (Å²) in [6.45, 7) is 2.08. The van der Waals surface area contributed by atoms with Crippen LogP contribution in [0.5, 0.6) is 0 Å². The summed E-state index contributed by atoms with van der Waals surface area (Å²) in [5.74, 6) is -0.393. The molecule has 1 saturated heterocycles. The van der Waals surface area contributed by atoms with Gasteiger partial charge in [-0.1, -0.05) is 37.3 Å². The highest BCUT2D eigenvalue weighted by molar-refractivity contribution is 8.18. The lowest BCUT2D eigenvalue weighted by Crippen LogP contribution is -2.23. The van der Waals surface area contributed by atoms with Crippen LogP contribution in [0.1, 0.15) is 18.1 Å². The third-order valence-corrected chi connectivity index (χ3v) is 4.82. The molecule has 24 heavy (non-hydrogen) atoms. The van der Waals surface area contributed by atoms with Crippen molar-refractivity contribution in [1.82, 2.24) is 4.90 Å². The van der Waals surface area contributed by atoms with Crippen LogP contribution in [0, 0.1) is 5.82 Å². The van der Waals surface area contributed by atoms with Crippen molar-refractivity contribution >= 4 is 34.6 Å². The van der Waals surface area contributed by atoms with Gasteiger partial charge in [-0.05, 0) is 53.6 Å². The molecule has 0 spiro atoms. The second-order valence-electron chi connectivity index (χ2n) is 5.40. The highest BCUT2D eigenvalue weighted by Crippen LogP contribution is 2.33. The number of amidine groups is 1.